The van der Waals surface area contributed by atoms with Crippen LogP contribution in [0.15, 0.2) is 58.5 Å². The highest BCUT2D eigenvalue weighted by atomic mass is 32.2. The van der Waals surface area contributed by atoms with E-state index in [0.717, 1.165) is 6.54 Å². The van der Waals surface area contributed by atoms with Gasteiger partial charge in [0, 0.05) is 16.3 Å². The van der Waals surface area contributed by atoms with Crippen LogP contribution in [0.4, 0.5) is 0 Å². The molecule has 1 aliphatic heterocycles. The van der Waals surface area contributed by atoms with Crippen molar-refractivity contribution in [1.29, 1.82) is 0 Å². The number of allylic oxidation sites excluding steroid dienone is 2. The number of hydrogen-bond acceptors (Lipinski definition) is 2. The number of dihydropyridines is 1. The zero-order valence-corrected chi connectivity index (χ0v) is 8.05. The topological polar surface area (TPSA) is 12.0 Å². The molecule has 0 unspecified atom stereocenters. The third-order valence-corrected chi connectivity index (χ3v) is 2.82. The van der Waals surface area contributed by atoms with E-state index < -0.39 is 0 Å². The Morgan fingerprint density at radius 1 is 1.15 bits per heavy atom. The Kier molecular flexibility index (Phi) is 2.72. The van der Waals surface area contributed by atoms with Crippen LogP contribution in [0.3, 0.4) is 0 Å². The van der Waals surface area contributed by atoms with Gasteiger partial charge in [0.25, 0.3) is 0 Å². The minimum Gasteiger partial charge on any atom is -0.386 e. The molecule has 13 heavy (non-hydrogen) atoms. The number of thioether (sulfide) groups is 1. The molecule has 2 rings (SSSR count). The molecule has 0 aromatic heterocycles. The van der Waals surface area contributed by atoms with Crippen molar-refractivity contribution in [1.82, 2.24) is 5.32 Å². The van der Waals surface area contributed by atoms with Gasteiger partial charge in [0.2, 0.25) is 0 Å². The quantitative estimate of drug-likeness (QED) is 0.767. The lowest BCUT2D eigenvalue weighted by Gasteiger charge is -2.09. The van der Waals surface area contributed by atoms with E-state index in [2.05, 4.69) is 35.7 Å². The molecular formula is C11H11NS. The van der Waals surface area contributed by atoms with Crippen molar-refractivity contribution in [3.8, 4) is 0 Å². The van der Waals surface area contributed by atoms with E-state index in [9.17, 15) is 0 Å². The van der Waals surface area contributed by atoms with Crippen LogP contribution < -0.4 is 5.32 Å². The van der Waals surface area contributed by atoms with Crippen LogP contribution >= 0.6 is 11.8 Å². The lowest BCUT2D eigenvalue weighted by molar-refractivity contribution is 0.961. The normalized spacial score (nSPS) is 14.9. The first-order valence-electron chi connectivity index (χ1n) is 4.27. The van der Waals surface area contributed by atoms with E-state index >= 15 is 0 Å². The van der Waals surface area contributed by atoms with Gasteiger partial charge in [-0.05, 0) is 30.5 Å². The summed E-state index contributed by atoms with van der Waals surface area (Å²) in [5.41, 5.74) is 0. The van der Waals surface area contributed by atoms with Gasteiger partial charge in [0.05, 0.1) is 0 Å². The van der Waals surface area contributed by atoms with Crippen LogP contribution in [0.1, 0.15) is 0 Å². The van der Waals surface area contributed by atoms with Gasteiger partial charge >= 0.3 is 0 Å². The molecular weight excluding hydrogens is 178 g/mol. The Labute approximate surface area is 82.5 Å². The molecule has 1 heterocycles. The summed E-state index contributed by atoms with van der Waals surface area (Å²) in [6, 6.07) is 10.4. The zero-order valence-electron chi connectivity index (χ0n) is 7.23. The van der Waals surface area contributed by atoms with E-state index in [1.165, 1.54) is 9.80 Å². The Bertz CT molecular complexity index is 327. The Balaban J connectivity index is 2.06. The maximum Gasteiger partial charge on any atom is 0.0458 e. The largest absolute Gasteiger partial charge is 0.386 e. The molecule has 0 atom stereocenters. The highest BCUT2D eigenvalue weighted by Gasteiger charge is 2.00. The maximum atomic E-state index is 3.19. The van der Waals surface area contributed by atoms with Crippen LogP contribution in [0.25, 0.3) is 0 Å². The predicted octanol–water partition coefficient (Wildman–Crippen LogP) is 2.78. The highest BCUT2D eigenvalue weighted by Crippen LogP contribution is 2.26. The van der Waals surface area contributed by atoms with Gasteiger partial charge in [-0.2, -0.15) is 0 Å². The van der Waals surface area contributed by atoms with E-state index in [1.807, 2.05) is 30.1 Å². The smallest absolute Gasteiger partial charge is 0.0458 e. The lowest BCUT2D eigenvalue weighted by atomic mass is 10.4. The summed E-state index contributed by atoms with van der Waals surface area (Å²) in [7, 11) is 0. The molecule has 1 aromatic rings. The van der Waals surface area contributed by atoms with Crippen molar-refractivity contribution in [3.05, 3.63) is 53.6 Å². The van der Waals surface area contributed by atoms with Crippen molar-refractivity contribution in [2.75, 3.05) is 6.54 Å². The summed E-state index contributed by atoms with van der Waals surface area (Å²) in [4.78, 5) is 2.65. The molecule has 0 radical (unpaired) electrons. The first-order chi connectivity index (χ1) is 6.45. The number of hydrogen-bond donors (Lipinski definition) is 1. The van der Waals surface area contributed by atoms with Gasteiger partial charge in [0.1, 0.15) is 0 Å². The molecule has 0 bridgehead atoms. The molecule has 1 aromatic carbocycles. The van der Waals surface area contributed by atoms with Crippen LogP contribution in [0.2, 0.25) is 0 Å². The van der Waals surface area contributed by atoms with Gasteiger partial charge in [0.15, 0.2) is 0 Å². The summed E-state index contributed by atoms with van der Waals surface area (Å²) >= 11 is 1.81. The van der Waals surface area contributed by atoms with Gasteiger partial charge in [-0.15, -0.1) is 0 Å². The van der Waals surface area contributed by atoms with E-state index in [0.29, 0.717) is 0 Å². The molecule has 1 nitrogen and oxygen atoms in total. The van der Waals surface area contributed by atoms with E-state index in [4.69, 9.17) is 0 Å². The highest BCUT2D eigenvalue weighted by molar-refractivity contribution is 8.03. The van der Waals surface area contributed by atoms with E-state index in [1.54, 1.807) is 0 Å². The fraction of sp³-hybridized carbons (Fsp3) is 0.0909. The van der Waals surface area contributed by atoms with Crippen molar-refractivity contribution in [2.24, 2.45) is 0 Å². The van der Waals surface area contributed by atoms with Gasteiger partial charge in [-0.25, -0.2) is 0 Å². The lowest BCUT2D eigenvalue weighted by Crippen LogP contribution is -2.10. The Morgan fingerprint density at radius 2 is 2.00 bits per heavy atom. The second-order valence-electron chi connectivity index (χ2n) is 2.79. The number of benzene rings is 1. The average Bonchev–Trinajstić information content (AvgIpc) is 2.21. The number of rotatable bonds is 2. The first-order valence-corrected chi connectivity index (χ1v) is 5.09. The van der Waals surface area contributed by atoms with Gasteiger partial charge < -0.3 is 5.32 Å². The van der Waals surface area contributed by atoms with Crippen molar-refractivity contribution in [2.45, 2.75) is 4.90 Å². The summed E-state index contributed by atoms with van der Waals surface area (Å²) in [6.07, 6.45) is 6.15. The minimum absolute atomic E-state index is 0.941. The summed E-state index contributed by atoms with van der Waals surface area (Å²) in [6.45, 7) is 0.941. The van der Waals surface area contributed by atoms with E-state index in [-0.39, 0.29) is 0 Å². The third-order valence-electron chi connectivity index (χ3n) is 1.76. The van der Waals surface area contributed by atoms with Crippen LogP contribution in [-0.4, -0.2) is 6.54 Å². The molecule has 0 amide bonds. The molecule has 0 fully saturated rings. The van der Waals surface area contributed by atoms with Crippen molar-refractivity contribution >= 4 is 11.8 Å². The van der Waals surface area contributed by atoms with Crippen LogP contribution in [0, 0.1) is 0 Å². The summed E-state index contributed by atoms with van der Waals surface area (Å²) in [5, 5.41) is 3.19. The molecule has 66 valence electrons. The fourth-order valence-electron chi connectivity index (χ4n) is 1.15. The third kappa shape index (κ3) is 2.39. The molecule has 0 saturated carbocycles. The monoisotopic (exact) mass is 189 g/mol. The summed E-state index contributed by atoms with van der Waals surface area (Å²) in [5.74, 6) is 0. The van der Waals surface area contributed by atoms with Crippen LogP contribution in [0.5, 0.6) is 0 Å². The Morgan fingerprint density at radius 3 is 2.69 bits per heavy atom. The maximum absolute atomic E-state index is 3.19. The average molecular weight is 189 g/mol. The van der Waals surface area contributed by atoms with Gasteiger partial charge in [-0.3, -0.25) is 0 Å². The molecule has 0 spiro atoms. The second-order valence-corrected chi connectivity index (χ2v) is 3.99. The fourth-order valence-corrected chi connectivity index (χ4v) is 2.05. The van der Waals surface area contributed by atoms with Crippen LogP contribution in [-0.2, 0) is 0 Å². The first kappa shape index (κ1) is 8.45. The standard InChI is InChI=1S/C11H11NS/c1-2-5-10(6-3-1)13-11-7-4-8-12-9-11/h1-8,12H,9H2. The minimum atomic E-state index is 0.941. The molecule has 2 heteroatoms. The molecule has 0 aliphatic carbocycles. The SMILES string of the molecule is C1=CNCC(Sc2ccccc2)=C1. The molecule has 0 saturated heterocycles. The number of nitrogens with one attached hydrogen (secondary N) is 1. The molecule has 1 aliphatic rings. The molecule has 1 N–H and O–H groups in total. The zero-order chi connectivity index (χ0) is 8.93. The predicted molar refractivity (Wildman–Crippen MR) is 57.5 cm³/mol. The van der Waals surface area contributed by atoms with Crippen molar-refractivity contribution in [3.63, 3.8) is 0 Å². The second kappa shape index (κ2) is 4.19. The van der Waals surface area contributed by atoms with Gasteiger partial charge in [-0.1, -0.05) is 30.0 Å². The summed E-state index contributed by atoms with van der Waals surface area (Å²) < 4.78 is 0. The Hall–Kier alpha value is -1.15. The van der Waals surface area contributed by atoms with Crippen molar-refractivity contribution < 1.29 is 0 Å².